The second-order valence-electron chi connectivity index (χ2n) is 7.21. The molecule has 0 saturated carbocycles. The van der Waals surface area contributed by atoms with Crippen molar-refractivity contribution in [3.8, 4) is 11.1 Å². The molecule has 5 rings (SSSR count). The number of hydrogen-bond donors (Lipinski definition) is 0. The van der Waals surface area contributed by atoms with E-state index in [4.69, 9.17) is 0 Å². The van der Waals surface area contributed by atoms with Gasteiger partial charge in [-0.15, -0.1) is 0 Å². The van der Waals surface area contributed by atoms with Gasteiger partial charge in [0.2, 0.25) is 0 Å². The van der Waals surface area contributed by atoms with Crippen molar-refractivity contribution in [2.75, 3.05) is 0 Å². The highest BCUT2D eigenvalue weighted by Gasteiger charge is 2.46. The van der Waals surface area contributed by atoms with Gasteiger partial charge in [0, 0.05) is 0 Å². The number of benzene rings is 2. The van der Waals surface area contributed by atoms with E-state index in [1.807, 2.05) is 0 Å². The van der Waals surface area contributed by atoms with Gasteiger partial charge in [-0.25, -0.2) is 0 Å². The third kappa shape index (κ3) is 2.37. The molecule has 0 radical (unpaired) electrons. The van der Waals surface area contributed by atoms with Crippen LogP contribution in [0.2, 0.25) is 0 Å². The van der Waals surface area contributed by atoms with E-state index in [1.54, 1.807) is 0 Å². The topological polar surface area (TPSA) is 0 Å². The first-order valence-corrected chi connectivity index (χ1v) is 9.69. The molecule has 2 aromatic rings. The van der Waals surface area contributed by atoms with Crippen LogP contribution in [0.4, 0.5) is 0 Å². The van der Waals surface area contributed by atoms with Crippen LogP contribution in [0.1, 0.15) is 24.0 Å². The Bertz CT molecular complexity index is 1020. The summed E-state index contributed by atoms with van der Waals surface area (Å²) in [5, 5.41) is 0. The van der Waals surface area contributed by atoms with Crippen LogP contribution in [-0.4, -0.2) is 0 Å². The molecule has 0 N–H and O–H groups in total. The molecule has 0 aliphatic heterocycles. The summed E-state index contributed by atoms with van der Waals surface area (Å²) in [6.07, 6.45) is 24.5. The number of fused-ring (bicyclic) bond motifs is 3. The molecule has 0 bridgehead atoms. The molecule has 27 heavy (non-hydrogen) atoms. The van der Waals surface area contributed by atoms with Crippen molar-refractivity contribution in [1.29, 1.82) is 0 Å². The van der Waals surface area contributed by atoms with Crippen LogP contribution in [0.5, 0.6) is 0 Å². The molecule has 3 aliphatic carbocycles. The second-order valence-corrected chi connectivity index (χ2v) is 7.21. The van der Waals surface area contributed by atoms with Crippen LogP contribution >= 0.6 is 0 Å². The van der Waals surface area contributed by atoms with E-state index in [0.29, 0.717) is 0 Å². The molecule has 0 unspecified atom stereocenters. The zero-order chi connectivity index (χ0) is 18.1. The van der Waals surface area contributed by atoms with Crippen LogP contribution in [0.25, 0.3) is 11.1 Å². The van der Waals surface area contributed by atoms with E-state index >= 15 is 0 Å². The molecule has 2 aromatic carbocycles. The average Bonchev–Trinajstić information content (AvgIpc) is 3.01. The Balaban J connectivity index is 1.91. The largest absolute Gasteiger partial charge is 0.0807 e. The summed E-state index contributed by atoms with van der Waals surface area (Å²) in [7, 11) is 0. The summed E-state index contributed by atoms with van der Waals surface area (Å²) >= 11 is 0. The highest BCUT2D eigenvalue weighted by molar-refractivity contribution is 5.87. The van der Waals surface area contributed by atoms with E-state index in [2.05, 4.69) is 109 Å². The third-order valence-corrected chi connectivity index (χ3v) is 5.80. The van der Waals surface area contributed by atoms with Crippen LogP contribution < -0.4 is 0 Å². The molecule has 0 nitrogen and oxygen atoms in total. The minimum atomic E-state index is -0.263. The first kappa shape index (κ1) is 16.1. The van der Waals surface area contributed by atoms with Crippen LogP contribution in [0.15, 0.2) is 120 Å². The van der Waals surface area contributed by atoms with Gasteiger partial charge in [-0.3, -0.25) is 0 Å². The zero-order valence-electron chi connectivity index (χ0n) is 15.3. The van der Waals surface area contributed by atoms with Crippen molar-refractivity contribution in [2.45, 2.75) is 18.3 Å². The van der Waals surface area contributed by atoms with Crippen LogP contribution in [0.3, 0.4) is 0 Å². The number of hydrogen-bond acceptors (Lipinski definition) is 0. The Labute approximate surface area is 161 Å². The van der Waals surface area contributed by atoms with Gasteiger partial charge in [0.25, 0.3) is 0 Å². The van der Waals surface area contributed by atoms with Crippen molar-refractivity contribution in [2.24, 2.45) is 0 Å². The molecular formula is C27H22. The Morgan fingerprint density at radius 3 is 2.07 bits per heavy atom. The molecule has 0 fully saturated rings. The lowest BCUT2D eigenvalue weighted by molar-refractivity contribution is 0.762. The summed E-state index contributed by atoms with van der Waals surface area (Å²) in [4.78, 5) is 0. The Kier molecular flexibility index (Phi) is 3.90. The molecule has 0 spiro atoms. The highest BCUT2D eigenvalue weighted by Crippen LogP contribution is 2.57. The third-order valence-electron chi connectivity index (χ3n) is 5.80. The minimum Gasteiger partial charge on any atom is -0.0807 e. The van der Waals surface area contributed by atoms with Crippen molar-refractivity contribution in [1.82, 2.24) is 0 Å². The first-order valence-electron chi connectivity index (χ1n) is 9.69. The van der Waals surface area contributed by atoms with Crippen LogP contribution in [-0.2, 0) is 5.41 Å². The SMILES string of the molecule is C1=CCC=CC(C2(C3=CCC=CC=C3)c3ccccc3-c3ccccc32)=C1. The fourth-order valence-electron chi connectivity index (χ4n) is 4.71. The molecule has 0 saturated heterocycles. The molecular weight excluding hydrogens is 324 g/mol. The molecule has 3 aliphatic rings. The van der Waals surface area contributed by atoms with E-state index in [0.717, 1.165) is 12.8 Å². The molecule has 0 atom stereocenters. The molecule has 0 amide bonds. The molecule has 0 aromatic heterocycles. The maximum atomic E-state index is 2.39. The predicted octanol–water partition coefficient (Wildman–Crippen LogP) is 6.84. The average molecular weight is 346 g/mol. The normalized spacial score (nSPS) is 19.0. The van der Waals surface area contributed by atoms with Crippen molar-refractivity contribution < 1.29 is 0 Å². The fourth-order valence-corrected chi connectivity index (χ4v) is 4.71. The van der Waals surface area contributed by atoms with E-state index in [-0.39, 0.29) is 5.41 Å². The van der Waals surface area contributed by atoms with Gasteiger partial charge < -0.3 is 0 Å². The van der Waals surface area contributed by atoms with Gasteiger partial charge in [0.05, 0.1) is 5.41 Å². The fraction of sp³-hybridized carbons (Fsp3) is 0.111. The van der Waals surface area contributed by atoms with Crippen molar-refractivity contribution in [3.63, 3.8) is 0 Å². The maximum absolute atomic E-state index is 2.39. The lowest BCUT2D eigenvalue weighted by Crippen LogP contribution is -2.29. The van der Waals surface area contributed by atoms with Crippen LogP contribution in [0, 0.1) is 0 Å². The molecule has 130 valence electrons. The Morgan fingerprint density at radius 2 is 1.30 bits per heavy atom. The van der Waals surface area contributed by atoms with Gasteiger partial charge in [0.1, 0.15) is 0 Å². The molecule has 0 heterocycles. The minimum absolute atomic E-state index is 0.263. The lowest BCUT2D eigenvalue weighted by Gasteiger charge is -2.35. The van der Waals surface area contributed by atoms with Crippen molar-refractivity contribution >= 4 is 0 Å². The van der Waals surface area contributed by atoms with Gasteiger partial charge >= 0.3 is 0 Å². The predicted molar refractivity (Wildman–Crippen MR) is 115 cm³/mol. The molecule has 0 heteroatoms. The number of allylic oxidation sites excluding steroid dienone is 12. The lowest BCUT2D eigenvalue weighted by atomic mass is 9.66. The maximum Gasteiger partial charge on any atom is 0.0710 e. The van der Waals surface area contributed by atoms with E-state index in [9.17, 15) is 0 Å². The quantitative estimate of drug-likeness (QED) is 0.558. The summed E-state index contributed by atoms with van der Waals surface area (Å²) in [5.41, 5.74) is 7.90. The smallest absolute Gasteiger partial charge is 0.0710 e. The van der Waals surface area contributed by atoms with Crippen molar-refractivity contribution in [3.05, 3.63) is 132 Å². The van der Waals surface area contributed by atoms with Gasteiger partial charge in [-0.2, -0.15) is 0 Å². The summed E-state index contributed by atoms with van der Waals surface area (Å²) in [5.74, 6) is 0. The number of rotatable bonds is 2. The zero-order valence-corrected chi connectivity index (χ0v) is 15.3. The van der Waals surface area contributed by atoms with Gasteiger partial charge in [0.15, 0.2) is 0 Å². The summed E-state index contributed by atoms with van der Waals surface area (Å²) < 4.78 is 0. The monoisotopic (exact) mass is 346 g/mol. The van der Waals surface area contributed by atoms with E-state index in [1.165, 1.54) is 33.4 Å². The van der Waals surface area contributed by atoms with E-state index < -0.39 is 0 Å². The standard InChI is InChI=1S/C27H22/c1-2-6-14-21(13-5-1)27(22-15-7-3-4-8-16-22)25-19-11-9-17-23(25)24-18-10-12-20-26(24)27/h1-3,5,7-20H,4,6H2. The highest BCUT2D eigenvalue weighted by atomic mass is 14.5. The summed E-state index contributed by atoms with van der Waals surface area (Å²) in [6.45, 7) is 0. The Hall–Kier alpha value is -3.12. The van der Waals surface area contributed by atoms with Gasteiger partial charge in [-0.05, 0) is 46.2 Å². The Morgan fingerprint density at radius 1 is 0.593 bits per heavy atom. The van der Waals surface area contributed by atoms with Gasteiger partial charge in [-0.1, -0.05) is 109 Å². The second kappa shape index (κ2) is 6.55. The first-order chi connectivity index (χ1) is 13.4. The summed E-state index contributed by atoms with van der Waals surface area (Å²) in [6, 6.07) is 17.8.